The molecule has 5 nitrogen and oxygen atoms in total. The number of nitrogens with zero attached hydrogens (tertiary/aromatic N) is 2. The lowest BCUT2D eigenvalue weighted by Crippen LogP contribution is -2.32. The van der Waals surface area contributed by atoms with Gasteiger partial charge in [-0.3, -0.25) is 0 Å². The fourth-order valence-electron chi connectivity index (χ4n) is 4.50. The Hall–Kier alpha value is -3.74. The van der Waals surface area contributed by atoms with E-state index in [-0.39, 0.29) is 0 Å². The molecule has 2 heterocycles. The van der Waals surface area contributed by atoms with Gasteiger partial charge in [-0.1, -0.05) is 66.7 Å². The molecule has 1 aliphatic rings. The molecule has 32 heavy (non-hydrogen) atoms. The molecule has 0 radical (unpaired) electrons. The van der Waals surface area contributed by atoms with Gasteiger partial charge in [-0.15, -0.1) is 0 Å². The van der Waals surface area contributed by atoms with Crippen LogP contribution in [0, 0.1) is 0 Å². The van der Waals surface area contributed by atoms with Gasteiger partial charge in [-0.2, -0.15) is 0 Å². The SMILES string of the molecule is OB(O)C1=c2oc3c(-c4nc(-c5ccccc5)c5ccccc5n4)cccc3c2=CCC1. The zero-order valence-corrected chi connectivity index (χ0v) is 17.2. The van der Waals surface area contributed by atoms with Gasteiger partial charge in [0.25, 0.3) is 0 Å². The molecule has 0 fully saturated rings. The molecule has 2 aromatic heterocycles. The van der Waals surface area contributed by atoms with Crippen LogP contribution in [0.5, 0.6) is 0 Å². The lowest BCUT2D eigenvalue weighted by molar-refractivity contribution is 0.422. The van der Waals surface area contributed by atoms with E-state index in [4.69, 9.17) is 14.4 Å². The summed E-state index contributed by atoms with van der Waals surface area (Å²) in [6, 6.07) is 24.0. The number of rotatable bonds is 3. The average molecular weight is 418 g/mol. The van der Waals surface area contributed by atoms with E-state index in [1.807, 2.05) is 72.8 Å². The van der Waals surface area contributed by atoms with Crippen LogP contribution in [-0.4, -0.2) is 27.1 Å². The predicted molar refractivity (Wildman–Crippen MR) is 127 cm³/mol. The van der Waals surface area contributed by atoms with Crippen molar-refractivity contribution in [3.63, 3.8) is 0 Å². The number of benzene rings is 3. The molecule has 0 saturated carbocycles. The number of hydrogen-bond acceptors (Lipinski definition) is 5. The first-order chi connectivity index (χ1) is 15.7. The molecule has 1 aliphatic carbocycles. The molecule has 6 rings (SSSR count). The maximum atomic E-state index is 9.84. The summed E-state index contributed by atoms with van der Waals surface area (Å²) in [5.74, 6) is 0.574. The van der Waals surface area contributed by atoms with Crippen molar-refractivity contribution in [1.82, 2.24) is 9.97 Å². The number of hydrogen-bond donors (Lipinski definition) is 2. The highest BCUT2D eigenvalue weighted by Crippen LogP contribution is 2.31. The first-order valence-corrected chi connectivity index (χ1v) is 10.6. The van der Waals surface area contributed by atoms with Gasteiger partial charge in [0.1, 0.15) is 11.0 Å². The van der Waals surface area contributed by atoms with Crippen LogP contribution < -0.4 is 10.6 Å². The van der Waals surface area contributed by atoms with E-state index in [2.05, 4.69) is 6.08 Å². The summed E-state index contributed by atoms with van der Waals surface area (Å²) in [5.41, 5.74) is 5.22. The Morgan fingerprint density at radius 2 is 1.59 bits per heavy atom. The Balaban J connectivity index is 1.68. The van der Waals surface area contributed by atoms with Crippen molar-refractivity contribution in [2.24, 2.45) is 0 Å². The number of furan rings is 1. The molecule has 3 aromatic carbocycles. The van der Waals surface area contributed by atoms with E-state index in [0.29, 0.717) is 28.7 Å². The fraction of sp³-hybridized carbons (Fsp3) is 0.0769. The molecule has 2 N–H and O–H groups in total. The van der Waals surface area contributed by atoms with E-state index in [9.17, 15) is 10.0 Å². The summed E-state index contributed by atoms with van der Waals surface area (Å²) in [6.07, 6.45) is 3.39. The van der Waals surface area contributed by atoms with Gasteiger partial charge in [-0.25, -0.2) is 9.97 Å². The summed E-state index contributed by atoms with van der Waals surface area (Å²) < 4.78 is 6.24. The maximum absolute atomic E-state index is 9.84. The minimum absolute atomic E-state index is 0.508. The topological polar surface area (TPSA) is 79.4 Å². The second-order valence-electron chi connectivity index (χ2n) is 7.95. The largest absolute Gasteiger partial charge is 0.488 e. The standard InChI is InChI=1S/C26H19BN2O3/c30-27(31)21-14-7-12-18-17-11-6-13-20(24(17)32-25(18)21)26-28-22-15-5-4-10-19(22)23(29-26)16-8-2-1-3-9-16/h1-6,8-13,15,30-31H,7,14H2. The van der Waals surface area contributed by atoms with Crippen LogP contribution in [0.4, 0.5) is 0 Å². The van der Waals surface area contributed by atoms with E-state index >= 15 is 0 Å². The molecular formula is C26H19BN2O3. The Morgan fingerprint density at radius 3 is 2.44 bits per heavy atom. The van der Waals surface area contributed by atoms with Crippen molar-refractivity contribution in [3.05, 3.63) is 83.4 Å². The van der Waals surface area contributed by atoms with Crippen LogP contribution in [0.3, 0.4) is 0 Å². The quantitative estimate of drug-likeness (QED) is 0.439. The lowest BCUT2D eigenvalue weighted by Gasteiger charge is -2.09. The van der Waals surface area contributed by atoms with E-state index in [1.165, 1.54) is 0 Å². The summed E-state index contributed by atoms with van der Waals surface area (Å²) >= 11 is 0. The summed E-state index contributed by atoms with van der Waals surface area (Å²) in [7, 11) is -1.53. The minimum Gasteiger partial charge on any atom is -0.456 e. The monoisotopic (exact) mass is 418 g/mol. The van der Waals surface area contributed by atoms with Gasteiger partial charge in [0.05, 0.1) is 16.8 Å². The highest BCUT2D eigenvalue weighted by molar-refractivity contribution is 6.63. The molecule has 6 heteroatoms. The van der Waals surface area contributed by atoms with Crippen LogP contribution >= 0.6 is 0 Å². The van der Waals surface area contributed by atoms with Crippen LogP contribution in [0.2, 0.25) is 0 Å². The Morgan fingerprint density at radius 1 is 0.812 bits per heavy atom. The van der Waals surface area contributed by atoms with Gasteiger partial charge in [-0.05, 0) is 25.0 Å². The van der Waals surface area contributed by atoms with Crippen molar-refractivity contribution in [1.29, 1.82) is 0 Å². The Kier molecular flexibility index (Phi) is 4.42. The van der Waals surface area contributed by atoms with Gasteiger partial charge in [0.15, 0.2) is 5.82 Å². The summed E-state index contributed by atoms with van der Waals surface area (Å²) in [4.78, 5) is 9.82. The second-order valence-corrected chi connectivity index (χ2v) is 7.95. The van der Waals surface area contributed by atoms with E-state index in [1.54, 1.807) is 0 Å². The van der Waals surface area contributed by atoms with Gasteiger partial charge in [0.2, 0.25) is 0 Å². The molecule has 0 amide bonds. The summed E-state index contributed by atoms with van der Waals surface area (Å²) in [5, 5.41) is 22.5. The Labute approximate surface area is 184 Å². The van der Waals surface area contributed by atoms with Gasteiger partial charge >= 0.3 is 7.12 Å². The molecule has 0 unspecified atom stereocenters. The van der Waals surface area contributed by atoms with E-state index < -0.39 is 7.12 Å². The van der Waals surface area contributed by atoms with Crippen molar-refractivity contribution in [2.75, 3.05) is 0 Å². The van der Waals surface area contributed by atoms with E-state index in [0.717, 1.165) is 44.7 Å². The van der Waals surface area contributed by atoms with Crippen LogP contribution in [-0.2, 0) is 0 Å². The lowest BCUT2D eigenvalue weighted by atomic mass is 9.75. The average Bonchev–Trinajstić information content (AvgIpc) is 3.22. The van der Waals surface area contributed by atoms with Crippen LogP contribution in [0.25, 0.3) is 56.1 Å². The van der Waals surface area contributed by atoms with Crippen LogP contribution in [0.1, 0.15) is 12.8 Å². The third-order valence-corrected chi connectivity index (χ3v) is 6.01. The zero-order valence-electron chi connectivity index (χ0n) is 17.2. The van der Waals surface area contributed by atoms with Crippen molar-refractivity contribution < 1.29 is 14.5 Å². The molecule has 0 saturated heterocycles. The van der Waals surface area contributed by atoms with Crippen molar-refractivity contribution in [2.45, 2.75) is 12.8 Å². The van der Waals surface area contributed by atoms with Gasteiger partial charge < -0.3 is 14.5 Å². The second kappa shape index (κ2) is 7.44. The Bertz CT molecular complexity index is 1610. The van der Waals surface area contributed by atoms with Crippen molar-refractivity contribution >= 4 is 40.5 Å². The molecule has 154 valence electrons. The highest BCUT2D eigenvalue weighted by Gasteiger charge is 2.23. The maximum Gasteiger partial charge on any atom is 0.488 e. The molecule has 0 spiro atoms. The molecule has 5 aromatic rings. The number of fused-ring (bicyclic) bond motifs is 4. The zero-order chi connectivity index (χ0) is 21.7. The smallest absolute Gasteiger partial charge is 0.456 e. The summed E-state index contributed by atoms with van der Waals surface area (Å²) in [6.45, 7) is 0. The molecule has 0 bridgehead atoms. The first kappa shape index (κ1) is 19.0. The molecule has 0 aliphatic heterocycles. The first-order valence-electron chi connectivity index (χ1n) is 10.6. The highest BCUT2D eigenvalue weighted by atomic mass is 16.4. The fourth-order valence-corrected chi connectivity index (χ4v) is 4.50. The van der Waals surface area contributed by atoms with Crippen LogP contribution in [0.15, 0.2) is 77.2 Å². The van der Waals surface area contributed by atoms with Crippen molar-refractivity contribution in [3.8, 4) is 22.6 Å². The minimum atomic E-state index is -1.53. The third-order valence-electron chi connectivity index (χ3n) is 6.01. The molecule has 0 atom stereocenters. The third kappa shape index (κ3) is 2.96. The predicted octanol–water partition coefficient (Wildman–Crippen LogP) is 3.45. The molecular weight excluding hydrogens is 399 g/mol. The van der Waals surface area contributed by atoms with Gasteiger partial charge in [0, 0.05) is 27.0 Å². The normalized spacial score (nSPS) is 13.2. The number of para-hydroxylation sites is 2. The number of aromatic nitrogens is 2.